The van der Waals surface area contributed by atoms with Gasteiger partial charge in [-0.25, -0.2) is 18.4 Å². The fourth-order valence-electron chi connectivity index (χ4n) is 1.65. The molecule has 0 aliphatic carbocycles. The second-order valence-corrected chi connectivity index (χ2v) is 8.17. The minimum absolute atomic E-state index is 0.118. The highest BCUT2D eigenvalue weighted by atomic mass is 127. The third kappa shape index (κ3) is 5.60. The van der Waals surface area contributed by atoms with E-state index in [-0.39, 0.29) is 5.75 Å². The topological polar surface area (TPSA) is 72.0 Å². The number of hydrogen-bond donors (Lipinski definition) is 1. The molecular weight excluding hydrogens is 377 g/mol. The molecule has 1 aromatic heterocycles. The number of anilines is 1. The summed E-state index contributed by atoms with van der Waals surface area (Å²) in [7, 11) is -3.12. The summed E-state index contributed by atoms with van der Waals surface area (Å²) in [6, 6.07) is 0. The average Bonchev–Trinajstić information content (AvgIpc) is 2.22. The van der Waals surface area contributed by atoms with Crippen LogP contribution in [-0.4, -0.2) is 31.2 Å². The molecule has 0 aliphatic rings. The van der Waals surface area contributed by atoms with Crippen LogP contribution in [0.4, 0.5) is 5.82 Å². The van der Waals surface area contributed by atoms with Crippen LogP contribution < -0.4 is 5.32 Å². The summed E-state index contributed by atoms with van der Waals surface area (Å²) in [5.41, 5.74) is 0.917. The maximum Gasteiger partial charge on any atom is 0.154 e. The number of hydrogen-bond acceptors (Lipinski definition) is 5. The Kier molecular flexibility index (Phi) is 5.97. The lowest BCUT2D eigenvalue weighted by atomic mass is 10.1. The van der Waals surface area contributed by atoms with Crippen LogP contribution in [0.25, 0.3) is 0 Å². The fourth-order valence-corrected chi connectivity index (χ4v) is 2.90. The van der Waals surface area contributed by atoms with Crippen molar-refractivity contribution >= 4 is 38.2 Å². The van der Waals surface area contributed by atoms with Crippen LogP contribution in [0.5, 0.6) is 0 Å². The van der Waals surface area contributed by atoms with Crippen molar-refractivity contribution in [3.63, 3.8) is 0 Å². The molecule has 0 amide bonds. The molecule has 0 saturated carbocycles. The standard InChI is InChI=1S/C12H20IN3O2S/c1-5-14-12-11(13)9(6-8(2)3)15-10(16-12)7-19(4,17)18/h8H,5-7H2,1-4H3,(H,14,15,16). The normalized spacial score (nSPS) is 11.9. The predicted octanol–water partition coefficient (Wildman–Crippen LogP) is 2.26. The van der Waals surface area contributed by atoms with Gasteiger partial charge in [0.1, 0.15) is 17.4 Å². The SMILES string of the molecule is CCNc1nc(CS(C)(=O)=O)nc(CC(C)C)c1I. The Morgan fingerprint density at radius 1 is 1.32 bits per heavy atom. The summed E-state index contributed by atoms with van der Waals surface area (Å²) in [4.78, 5) is 8.71. The average molecular weight is 397 g/mol. The Morgan fingerprint density at radius 3 is 2.42 bits per heavy atom. The van der Waals surface area contributed by atoms with Crippen molar-refractivity contribution < 1.29 is 8.42 Å². The molecule has 108 valence electrons. The Balaban J connectivity index is 3.22. The molecular formula is C12H20IN3O2S. The van der Waals surface area contributed by atoms with E-state index in [0.717, 1.165) is 28.0 Å². The molecule has 1 rings (SSSR count). The molecule has 0 spiro atoms. The molecule has 0 saturated heterocycles. The van der Waals surface area contributed by atoms with Crippen molar-refractivity contribution in [1.29, 1.82) is 0 Å². The highest BCUT2D eigenvalue weighted by Crippen LogP contribution is 2.22. The zero-order valence-corrected chi connectivity index (χ0v) is 14.7. The van der Waals surface area contributed by atoms with Crippen LogP contribution >= 0.6 is 22.6 Å². The highest BCUT2D eigenvalue weighted by molar-refractivity contribution is 14.1. The van der Waals surface area contributed by atoms with Crippen LogP contribution in [0.15, 0.2) is 0 Å². The Labute approximate surface area is 128 Å². The van der Waals surface area contributed by atoms with Gasteiger partial charge in [-0.05, 0) is 41.9 Å². The van der Waals surface area contributed by atoms with Gasteiger partial charge in [-0.15, -0.1) is 0 Å². The molecule has 0 aliphatic heterocycles. The Morgan fingerprint density at radius 2 is 1.95 bits per heavy atom. The third-order valence-electron chi connectivity index (χ3n) is 2.30. The van der Waals surface area contributed by atoms with Gasteiger partial charge in [0.15, 0.2) is 9.84 Å². The number of rotatable bonds is 6. The van der Waals surface area contributed by atoms with E-state index in [4.69, 9.17) is 0 Å². The van der Waals surface area contributed by atoms with E-state index in [1.807, 2.05) is 6.92 Å². The van der Waals surface area contributed by atoms with Crippen LogP contribution in [-0.2, 0) is 22.0 Å². The van der Waals surface area contributed by atoms with Gasteiger partial charge in [0.05, 0.1) is 9.26 Å². The predicted molar refractivity (Wildman–Crippen MR) is 86.0 cm³/mol. The van der Waals surface area contributed by atoms with Crippen molar-refractivity contribution in [1.82, 2.24) is 9.97 Å². The molecule has 5 nitrogen and oxygen atoms in total. The number of nitrogens with zero attached hydrogens (tertiary/aromatic N) is 2. The zero-order chi connectivity index (χ0) is 14.6. The number of sulfone groups is 1. The maximum atomic E-state index is 11.4. The molecule has 0 fully saturated rings. The van der Waals surface area contributed by atoms with Gasteiger partial charge in [-0.1, -0.05) is 13.8 Å². The van der Waals surface area contributed by atoms with Gasteiger partial charge in [-0.2, -0.15) is 0 Å². The van der Waals surface area contributed by atoms with Gasteiger partial charge in [0.25, 0.3) is 0 Å². The molecule has 1 aromatic rings. The first kappa shape index (κ1) is 16.6. The second-order valence-electron chi connectivity index (χ2n) is 4.95. The van der Waals surface area contributed by atoms with E-state index in [2.05, 4.69) is 51.7 Å². The van der Waals surface area contributed by atoms with E-state index >= 15 is 0 Å². The van der Waals surface area contributed by atoms with Crippen molar-refractivity contribution in [3.8, 4) is 0 Å². The molecule has 0 bridgehead atoms. The molecule has 1 heterocycles. The second kappa shape index (κ2) is 6.83. The van der Waals surface area contributed by atoms with Crippen LogP contribution in [0, 0.1) is 9.49 Å². The smallest absolute Gasteiger partial charge is 0.154 e. The number of aromatic nitrogens is 2. The lowest BCUT2D eigenvalue weighted by Crippen LogP contribution is -2.13. The molecule has 0 aromatic carbocycles. The largest absolute Gasteiger partial charge is 0.369 e. The zero-order valence-electron chi connectivity index (χ0n) is 11.7. The Bertz CT molecular complexity index is 544. The highest BCUT2D eigenvalue weighted by Gasteiger charge is 2.15. The van der Waals surface area contributed by atoms with E-state index < -0.39 is 9.84 Å². The summed E-state index contributed by atoms with van der Waals surface area (Å²) in [5.74, 6) is 1.44. The number of nitrogens with one attached hydrogen (secondary N) is 1. The molecule has 0 atom stereocenters. The molecule has 0 unspecified atom stereocenters. The quantitative estimate of drug-likeness (QED) is 0.746. The van der Waals surface area contributed by atoms with Crippen molar-refractivity contribution in [2.75, 3.05) is 18.1 Å². The van der Waals surface area contributed by atoms with E-state index in [1.165, 1.54) is 6.26 Å². The molecule has 0 radical (unpaired) electrons. The van der Waals surface area contributed by atoms with E-state index in [1.54, 1.807) is 0 Å². The summed E-state index contributed by atoms with van der Waals surface area (Å²) in [5, 5.41) is 3.16. The van der Waals surface area contributed by atoms with Crippen molar-refractivity contribution in [2.24, 2.45) is 5.92 Å². The third-order valence-corrected chi connectivity index (χ3v) is 4.22. The molecule has 19 heavy (non-hydrogen) atoms. The lowest BCUT2D eigenvalue weighted by Gasteiger charge is -2.13. The fraction of sp³-hybridized carbons (Fsp3) is 0.667. The summed E-state index contributed by atoms with van der Waals surface area (Å²) < 4.78 is 23.7. The van der Waals surface area contributed by atoms with Crippen LogP contribution in [0.1, 0.15) is 32.3 Å². The first-order valence-corrected chi connectivity index (χ1v) is 9.33. The molecule has 1 N–H and O–H groups in total. The van der Waals surface area contributed by atoms with Gasteiger partial charge in [0, 0.05) is 12.8 Å². The summed E-state index contributed by atoms with van der Waals surface area (Å²) in [6.07, 6.45) is 2.01. The maximum absolute atomic E-state index is 11.4. The first-order chi connectivity index (χ1) is 8.73. The van der Waals surface area contributed by atoms with Crippen molar-refractivity contribution in [3.05, 3.63) is 15.1 Å². The lowest BCUT2D eigenvalue weighted by molar-refractivity contribution is 0.598. The van der Waals surface area contributed by atoms with E-state index in [0.29, 0.717) is 11.7 Å². The summed E-state index contributed by atoms with van der Waals surface area (Å²) >= 11 is 2.21. The van der Waals surface area contributed by atoms with E-state index in [9.17, 15) is 8.42 Å². The van der Waals surface area contributed by atoms with Crippen molar-refractivity contribution in [2.45, 2.75) is 32.9 Å². The monoisotopic (exact) mass is 397 g/mol. The van der Waals surface area contributed by atoms with Crippen LogP contribution in [0.2, 0.25) is 0 Å². The minimum Gasteiger partial charge on any atom is -0.369 e. The first-order valence-electron chi connectivity index (χ1n) is 6.19. The van der Waals surface area contributed by atoms with Gasteiger partial charge in [-0.3, -0.25) is 0 Å². The minimum atomic E-state index is -3.12. The van der Waals surface area contributed by atoms with Gasteiger partial charge >= 0.3 is 0 Å². The van der Waals surface area contributed by atoms with Gasteiger partial charge in [0.2, 0.25) is 0 Å². The van der Waals surface area contributed by atoms with Gasteiger partial charge < -0.3 is 5.32 Å². The Hall–Kier alpha value is -0.440. The number of halogens is 1. The van der Waals surface area contributed by atoms with Crippen LogP contribution in [0.3, 0.4) is 0 Å². The summed E-state index contributed by atoms with van der Waals surface area (Å²) in [6.45, 7) is 6.95. The molecule has 7 heteroatoms.